The van der Waals surface area contributed by atoms with Crippen LogP contribution in [0.2, 0.25) is 0 Å². The molecule has 3 aromatic rings. The van der Waals surface area contributed by atoms with Crippen LogP contribution in [-0.4, -0.2) is 14.9 Å². The summed E-state index contributed by atoms with van der Waals surface area (Å²) in [6, 6.07) is 7.01. The topological polar surface area (TPSA) is 81.0 Å². The van der Waals surface area contributed by atoms with Crippen LogP contribution in [0.4, 0.5) is 11.4 Å². The van der Waals surface area contributed by atoms with Gasteiger partial charge in [-0.3, -0.25) is 10.1 Å². The summed E-state index contributed by atoms with van der Waals surface area (Å²) in [5.41, 5.74) is 3.03. The highest BCUT2D eigenvalue weighted by molar-refractivity contribution is 7.11. The minimum absolute atomic E-state index is 0.0247. The van der Waals surface area contributed by atoms with Crippen LogP contribution in [0.5, 0.6) is 0 Å². The Bertz CT molecular complexity index is 936. The van der Waals surface area contributed by atoms with E-state index in [1.54, 1.807) is 17.4 Å². The smallest absolute Gasteiger partial charge is 0.295 e. The number of hydrogen-bond acceptors (Lipinski definition) is 6. The fourth-order valence-electron chi connectivity index (χ4n) is 2.88. The van der Waals surface area contributed by atoms with Gasteiger partial charge in [-0.05, 0) is 33.8 Å². The molecule has 0 aliphatic heterocycles. The summed E-state index contributed by atoms with van der Waals surface area (Å²) in [6.45, 7) is 7.90. The molecule has 0 spiro atoms. The number of non-ortho nitro benzene ring substituents is 1. The van der Waals surface area contributed by atoms with Gasteiger partial charge in [-0.25, -0.2) is 9.97 Å². The van der Waals surface area contributed by atoms with E-state index in [9.17, 15) is 10.1 Å². The zero-order valence-electron chi connectivity index (χ0n) is 14.0. The van der Waals surface area contributed by atoms with Crippen LogP contribution in [0.15, 0.2) is 24.3 Å². The van der Waals surface area contributed by atoms with Crippen LogP contribution < -0.4 is 5.32 Å². The molecule has 0 bridgehead atoms. The van der Waals surface area contributed by atoms with Gasteiger partial charge in [0.2, 0.25) is 0 Å². The van der Waals surface area contributed by atoms with Gasteiger partial charge in [0.15, 0.2) is 5.52 Å². The number of fused-ring (bicyclic) bond motifs is 1. The number of thiazole rings is 1. The van der Waals surface area contributed by atoms with Crippen molar-refractivity contribution in [3.63, 3.8) is 0 Å². The summed E-state index contributed by atoms with van der Waals surface area (Å²) in [7, 11) is 0. The molecule has 0 fully saturated rings. The molecule has 2 aromatic heterocycles. The fourth-order valence-corrected chi connectivity index (χ4v) is 3.81. The molecule has 124 valence electrons. The highest BCUT2D eigenvalue weighted by Crippen LogP contribution is 2.33. The normalized spacial score (nSPS) is 12.3. The van der Waals surface area contributed by atoms with E-state index in [1.165, 1.54) is 10.9 Å². The monoisotopic (exact) mass is 342 g/mol. The lowest BCUT2D eigenvalue weighted by Crippen LogP contribution is -2.07. The molecule has 2 heterocycles. The van der Waals surface area contributed by atoms with Crippen molar-refractivity contribution in [1.82, 2.24) is 9.97 Å². The number of nitrogens with zero attached hydrogens (tertiary/aromatic N) is 3. The van der Waals surface area contributed by atoms with Crippen molar-refractivity contribution in [2.75, 3.05) is 5.32 Å². The van der Waals surface area contributed by atoms with Crippen molar-refractivity contribution >= 4 is 33.6 Å². The third-order valence-electron chi connectivity index (χ3n) is 3.85. The fraction of sp³-hybridized carbons (Fsp3) is 0.294. The number of rotatable bonds is 4. The second-order valence-corrected chi connectivity index (χ2v) is 7.02. The Balaban J connectivity index is 2.08. The van der Waals surface area contributed by atoms with Gasteiger partial charge >= 0.3 is 0 Å². The number of nitrogens with one attached hydrogen (secondary N) is 1. The van der Waals surface area contributed by atoms with Crippen LogP contribution in [-0.2, 0) is 0 Å². The van der Waals surface area contributed by atoms with Gasteiger partial charge in [-0.1, -0.05) is 12.1 Å². The van der Waals surface area contributed by atoms with Crippen molar-refractivity contribution in [1.29, 1.82) is 0 Å². The van der Waals surface area contributed by atoms with E-state index < -0.39 is 4.92 Å². The minimum atomic E-state index is -0.390. The van der Waals surface area contributed by atoms with Gasteiger partial charge < -0.3 is 5.32 Å². The lowest BCUT2D eigenvalue weighted by atomic mass is 10.1. The maximum Gasteiger partial charge on any atom is 0.295 e. The Morgan fingerprint density at radius 1 is 1.25 bits per heavy atom. The molecule has 1 atom stereocenters. The SMILES string of the molecule is Cc1cc(NC(C)c2sc(C)nc2C)c2cccc([N+](=O)[O-])c2n1. The molecule has 1 N–H and O–H groups in total. The Labute approximate surface area is 143 Å². The first kappa shape index (κ1) is 16.3. The molecular formula is C17H18N4O2S. The average Bonchev–Trinajstić information content (AvgIpc) is 2.85. The molecule has 0 saturated carbocycles. The largest absolute Gasteiger partial charge is 0.377 e. The van der Waals surface area contributed by atoms with E-state index in [4.69, 9.17) is 0 Å². The number of nitro benzene ring substituents is 1. The molecular weight excluding hydrogens is 324 g/mol. The molecule has 7 heteroatoms. The summed E-state index contributed by atoms with van der Waals surface area (Å²) in [6.07, 6.45) is 0. The molecule has 3 rings (SSSR count). The highest BCUT2D eigenvalue weighted by Gasteiger charge is 2.18. The number of aryl methyl sites for hydroxylation is 3. The molecule has 0 aliphatic rings. The van der Waals surface area contributed by atoms with E-state index >= 15 is 0 Å². The van der Waals surface area contributed by atoms with Crippen LogP contribution in [0, 0.1) is 30.9 Å². The molecule has 24 heavy (non-hydrogen) atoms. The number of aromatic nitrogens is 2. The van der Waals surface area contributed by atoms with Gasteiger partial charge in [0, 0.05) is 27.7 Å². The van der Waals surface area contributed by atoms with Crippen molar-refractivity contribution in [2.24, 2.45) is 0 Å². The van der Waals surface area contributed by atoms with Crippen LogP contribution in [0.25, 0.3) is 10.9 Å². The molecule has 0 radical (unpaired) electrons. The zero-order valence-corrected chi connectivity index (χ0v) is 14.8. The number of para-hydroxylation sites is 1. The van der Waals surface area contributed by atoms with Crippen LogP contribution in [0.1, 0.15) is 34.2 Å². The quantitative estimate of drug-likeness (QED) is 0.549. The Morgan fingerprint density at radius 2 is 2.00 bits per heavy atom. The first-order chi connectivity index (χ1) is 11.4. The van der Waals surface area contributed by atoms with Gasteiger partial charge in [-0.2, -0.15) is 0 Å². The van der Waals surface area contributed by atoms with Crippen LogP contribution in [0.3, 0.4) is 0 Å². The van der Waals surface area contributed by atoms with E-state index in [2.05, 4.69) is 22.2 Å². The average molecular weight is 342 g/mol. The van der Waals surface area contributed by atoms with Gasteiger partial charge in [-0.15, -0.1) is 11.3 Å². The number of hydrogen-bond donors (Lipinski definition) is 1. The third-order valence-corrected chi connectivity index (χ3v) is 5.10. The second-order valence-electron chi connectivity index (χ2n) is 5.79. The van der Waals surface area contributed by atoms with E-state index in [0.29, 0.717) is 5.52 Å². The Morgan fingerprint density at radius 3 is 2.62 bits per heavy atom. The summed E-state index contributed by atoms with van der Waals surface area (Å²) in [4.78, 5) is 20.9. The summed E-state index contributed by atoms with van der Waals surface area (Å²) >= 11 is 1.66. The highest BCUT2D eigenvalue weighted by atomic mass is 32.1. The summed E-state index contributed by atoms with van der Waals surface area (Å²) in [5, 5.41) is 16.5. The Kier molecular flexibility index (Phi) is 4.19. The van der Waals surface area contributed by atoms with E-state index in [0.717, 1.165) is 27.5 Å². The van der Waals surface area contributed by atoms with Gasteiger partial charge in [0.1, 0.15) is 0 Å². The second kappa shape index (κ2) is 6.16. The maximum atomic E-state index is 11.3. The van der Waals surface area contributed by atoms with E-state index in [-0.39, 0.29) is 11.7 Å². The number of benzene rings is 1. The van der Waals surface area contributed by atoms with Crippen molar-refractivity contribution in [3.8, 4) is 0 Å². The molecule has 1 aromatic carbocycles. The predicted molar refractivity (Wildman–Crippen MR) is 96.8 cm³/mol. The van der Waals surface area contributed by atoms with Gasteiger partial charge in [0.25, 0.3) is 5.69 Å². The first-order valence-electron chi connectivity index (χ1n) is 7.62. The number of nitro groups is 1. The van der Waals surface area contributed by atoms with E-state index in [1.807, 2.05) is 32.9 Å². The van der Waals surface area contributed by atoms with Crippen molar-refractivity contribution < 1.29 is 4.92 Å². The predicted octanol–water partition coefficient (Wildman–Crippen LogP) is 4.70. The minimum Gasteiger partial charge on any atom is -0.377 e. The van der Waals surface area contributed by atoms with Crippen LogP contribution >= 0.6 is 11.3 Å². The number of anilines is 1. The maximum absolute atomic E-state index is 11.3. The molecule has 0 amide bonds. The third kappa shape index (κ3) is 2.94. The molecule has 1 unspecified atom stereocenters. The molecule has 6 nitrogen and oxygen atoms in total. The summed E-state index contributed by atoms with van der Waals surface area (Å²) < 4.78 is 0. The van der Waals surface area contributed by atoms with Crippen molar-refractivity contribution in [2.45, 2.75) is 33.7 Å². The molecule has 0 saturated heterocycles. The summed E-state index contributed by atoms with van der Waals surface area (Å²) in [5.74, 6) is 0. The lowest BCUT2D eigenvalue weighted by Gasteiger charge is -2.16. The first-order valence-corrected chi connectivity index (χ1v) is 8.43. The molecule has 0 aliphatic carbocycles. The zero-order chi connectivity index (χ0) is 17.4. The number of pyridine rings is 1. The van der Waals surface area contributed by atoms with Crippen molar-refractivity contribution in [3.05, 3.63) is 55.7 Å². The van der Waals surface area contributed by atoms with Gasteiger partial charge in [0.05, 0.1) is 21.7 Å². The Hall–Kier alpha value is -2.54. The lowest BCUT2D eigenvalue weighted by molar-refractivity contribution is -0.383. The standard InChI is InChI=1S/C17H18N4O2S/c1-9-8-14(20-11(3)17-10(2)19-12(4)24-17)13-6-5-7-15(21(22)23)16(13)18-9/h5-8,11H,1-4H3,(H,18,20).